The van der Waals surface area contributed by atoms with E-state index in [1.165, 1.54) is 18.3 Å². The average Bonchev–Trinajstić information content (AvgIpc) is 2.63. The van der Waals surface area contributed by atoms with Crippen LogP contribution in [-0.2, 0) is 0 Å². The molecule has 1 unspecified atom stereocenters. The van der Waals surface area contributed by atoms with Gasteiger partial charge in [-0.05, 0) is 37.1 Å². The highest BCUT2D eigenvalue weighted by molar-refractivity contribution is 6.33. The third kappa shape index (κ3) is 3.86. The number of pyridine rings is 1. The van der Waals surface area contributed by atoms with E-state index in [0.717, 1.165) is 19.4 Å². The third-order valence-electron chi connectivity index (χ3n) is 4.31. The van der Waals surface area contributed by atoms with Crippen molar-refractivity contribution in [1.29, 1.82) is 5.26 Å². The molecule has 1 saturated heterocycles. The van der Waals surface area contributed by atoms with E-state index in [2.05, 4.69) is 10.3 Å². The molecule has 8 heteroatoms. The number of carbonyl (C=O) groups excluding carboxylic acids is 1. The molecule has 0 bridgehead atoms. The van der Waals surface area contributed by atoms with Crippen LogP contribution in [0.2, 0.25) is 5.02 Å². The number of nitrogens with zero attached hydrogens (tertiary/aromatic N) is 3. The summed E-state index contributed by atoms with van der Waals surface area (Å²) in [7, 11) is 0. The fraction of sp³-hybridized carbons (Fsp3) is 0.278. The predicted molar refractivity (Wildman–Crippen MR) is 97.7 cm³/mol. The number of hydrogen-bond donors (Lipinski definition) is 2. The van der Waals surface area contributed by atoms with Gasteiger partial charge in [0.05, 0.1) is 27.9 Å². The summed E-state index contributed by atoms with van der Waals surface area (Å²) in [5.74, 6) is -0.540. The summed E-state index contributed by atoms with van der Waals surface area (Å²) in [5.41, 5.74) is 6.22. The summed E-state index contributed by atoms with van der Waals surface area (Å²) in [6.07, 6.45) is 3.12. The van der Waals surface area contributed by atoms with Crippen molar-refractivity contribution in [1.82, 2.24) is 4.98 Å². The number of primary amides is 1. The molecule has 0 radical (unpaired) electrons. The highest BCUT2D eigenvalue weighted by atomic mass is 35.5. The van der Waals surface area contributed by atoms with Crippen molar-refractivity contribution in [3.8, 4) is 6.07 Å². The van der Waals surface area contributed by atoms with E-state index in [9.17, 15) is 9.18 Å². The van der Waals surface area contributed by atoms with Gasteiger partial charge in [0.2, 0.25) is 5.91 Å². The second-order valence-corrected chi connectivity index (χ2v) is 6.53. The Morgan fingerprint density at radius 3 is 2.92 bits per heavy atom. The fourth-order valence-electron chi connectivity index (χ4n) is 3.02. The summed E-state index contributed by atoms with van der Waals surface area (Å²) >= 11 is 6.17. The Balaban J connectivity index is 1.73. The quantitative estimate of drug-likeness (QED) is 0.859. The minimum Gasteiger partial charge on any atom is -0.367 e. The molecule has 3 N–H and O–H groups in total. The lowest BCUT2D eigenvalue weighted by Gasteiger charge is -2.35. The van der Waals surface area contributed by atoms with Crippen LogP contribution in [0.4, 0.5) is 15.9 Å². The largest absolute Gasteiger partial charge is 0.367 e. The lowest BCUT2D eigenvalue weighted by Crippen LogP contribution is -2.42. The van der Waals surface area contributed by atoms with Gasteiger partial charge in [0.15, 0.2) is 0 Å². The van der Waals surface area contributed by atoms with Crippen molar-refractivity contribution in [2.24, 2.45) is 5.73 Å². The van der Waals surface area contributed by atoms with Gasteiger partial charge in [-0.2, -0.15) is 5.26 Å². The van der Waals surface area contributed by atoms with Crippen LogP contribution in [-0.4, -0.2) is 30.0 Å². The zero-order chi connectivity index (χ0) is 18.7. The van der Waals surface area contributed by atoms with Crippen molar-refractivity contribution in [2.75, 3.05) is 23.3 Å². The van der Waals surface area contributed by atoms with Crippen molar-refractivity contribution in [2.45, 2.75) is 18.9 Å². The molecule has 26 heavy (non-hydrogen) atoms. The number of benzene rings is 1. The first kappa shape index (κ1) is 18.0. The molecule has 3 rings (SSSR count). The van der Waals surface area contributed by atoms with Gasteiger partial charge in [-0.3, -0.25) is 4.79 Å². The molecule has 1 aliphatic heterocycles. The van der Waals surface area contributed by atoms with Crippen LogP contribution < -0.4 is 16.0 Å². The van der Waals surface area contributed by atoms with Crippen LogP contribution in [0, 0.1) is 17.1 Å². The van der Waals surface area contributed by atoms with Crippen LogP contribution in [0.5, 0.6) is 0 Å². The maximum atomic E-state index is 14.3. The number of anilines is 2. The lowest BCUT2D eigenvalue weighted by molar-refractivity contribution is 0.1000. The average molecular weight is 374 g/mol. The first-order valence-corrected chi connectivity index (χ1v) is 8.52. The van der Waals surface area contributed by atoms with E-state index in [4.69, 9.17) is 22.6 Å². The maximum Gasteiger partial charge on any atom is 0.250 e. The Kier molecular flexibility index (Phi) is 5.24. The van der Waals surface area contributed by atoms with E-state index in [1.54, 1.807) is 12.1 Å². The Labute approximate surface area is 155 Å². The smallest absolute Gasteiger partial charge is 0.250 e. The molecule has 0 saturated carbocycles. The summed E-state index contributed by atoms with van der Waals surface area (Å²) in [5, 5.41) is 12.4. The molecule has 1 aromatic carbocycles. The second kappa shape index (κ2) is 7.58. The molecular formula is C18H17ClFN5O. The van der Waals surface area contributed by atoms with Crippen LogP contribution >= 0.6 is 11.6 Å². The third-order valence-corrected chi connectivity index (χ3v) is 4.59. The van der Waals surface area contributed by atoms with Gasteiger partial charge in [0, 0.05) is 25.3 Å². The number of nitrogens with one attached hydrogen (secondary N) is 1. The Morgan fingerprint density at radius 2 is 2.27 bits per heavy atom. The maximum absolute atomic E-state index is 14.3. The van der Waals surface area contributed by atoms with Gasteiger partial charge in [0.25, 0.3) is 0 Å². The number of piperidine rings is 1. The highest BCUT2D eigenvalue weighted by Crippen LogP contribution is 2.27. The number of amides is 1. The molecule has 1 fully saturated rings. The molecule has 1 atom stereocenters. The first-order valence-electron chi connectivity index (χ1n) is 8.14. The standard InChI is InChI=1S/C18H17ClFN5O/c19-14-7-12(17(22)26)9-23-18(14)24-13-2-1-5-25(10-13)16-4-3-11(8-21)6-15(16)20/h3-4,6-7,9,13H,1-2,5,10H2,(H2,22,26)(H,23,24). The topological polar surface area (TPSA) is 95.0 Å². The van der Waals surface area contributed by atoms with E-state index in [0.29, 0.717) is 28.6 Å². The van der Waals surface area contributed by atoms with Gasteiger partial charge in [-0.1, -0.05) is 11.6 Å². The second-order valence-electron chi connectivity index (χ2n) is 6.13. The SMILES string of the molecule is N#Cc1ccc(N2CCCC(Nc3ncc(C(N)=O)cc3Cl)C2)c(F)c1. The Bertz CT molecular complexity index is 882. The zero-order valence-electron chi connectivity index (χ0n) is 13.9. The van der Waals surface area contributed by atoms with Crippen LogP contribution in [0.1, 0.15) is 28.8 Å². The van der Waals surface area contributed by atoms with E-state index in [-0.39, 0.29) is 11.6 Å². The van der Waals surface area contributed by atoms with Crippen molar-refractivity contribution in [3.63, 3.8) is 0 Å². The number of halogens is 2. The molecule has 1 aliphatic rings. The number of nitriles is 1. The van der Waals surface area contributed by atoms with Gasteiger partial charge in [0.1, 0.15) is 11.6 Å². The monoisotopic (exact) mass is 373 g/mol. The van der Waals surface area contributed by atoms with Crippen LogP contribution in [0.25, 0.3) is 0 Å². The molecule has 134 valence electrons. The molecule has 2 heterocycles. The Hall–Kier alpha value is -2.85. The Morgan fingerprint density at radius 1 is 1.46 bits per heavy atom. The van der Waals surface area contributed by atoms with E-state index < -0.39 is 11.7 Å². The molecule has 1 amide bonds. The molecule has 0 aliphatic carbocycles. The van der Waals surface area contributed by atoms with Crippen molar-refractivity contribution in [3.05, 3.63) is 52.4 Å². The minimum atomic E-state index is -0.592. The van der Waals surface area contributed by atoms with Gasteiger partial charge >= 0.3 is 0 Å². The summed E-state index contributed by atoms with van der Waals surface area (Å²) < 4.78 is 14.3. The molecular weight excluding hydrogens is 357 g/mol. The fourth-order valence-corrected chi connectivity index (χ4v) is 3.24. The molecule has 1 aromatic heterocycles. The van der Waals surface area contributed by atoms with E-state index in [1.807, 2.05) is 11.0 Å². The predicted octanol–water partition coefficient (Wildman–Crippen LogP) is 2.93. The normalized spacial score (nSPS) is 16.8. The lowest BCUT2D eigenvalue weighted by atomic mass is 10.0. The van der Waals surface area contributed by atoms with Gasteiger partial charge < -0.3 is 16.0 Å². The molecule has 0 spiro atoms. The van der Waals surface area contributed by atoms with Crippen LogP contribution in [0.15, 0.2) is 30.5 Å². The minimum absolute atomic E-state index is 0.0169. The summed E-state index contributed by atoms with van der Waals surface area (Å²) in [6.45, 7) is 1.29. The van der Waals surface area contributed by atoms with Crippen LogP contribution in [0.3, 0.4) is 0 Å². The van der Waals surface area contributed by atoms with E-state index >= 15 is 0 Å². The van der Waals surface area contributed by atoms with Crippen molar-refractivity contribution < 1.29 is 9.18 Å². The van der Waals surface area contributed by atoms with Crippen molar-refractivity contribution >= 4 is 29.0 Å². The summed E-state index contributed by atoms with van der Waals surface area (Å²) in [6, 6.07) is 7.90. The number of nitrogens with two attached hydrogens (primary N) is 1. The molecule has 6 nitrogen and oxygen atoms in total. The number of aromatic nitrogens is 1. The van der Waals surface area contributed by atoms with Gasteiger partial charge in [-0.25, -0.2) is 9.37 Å². The number of hydrogen-bond acceptors (Lipinski definition) is 5. The zero-order valence-corrected chi connectivity index (χ0v) is 14.6. The number of carbonyl (C=O) groups is 1. The number of rotatable bonds is 4. The molecule has 2 aromatic rings. The van der Waals surface area contributed by atoms with Gasteiger partial charge in [-0.15, -0.1) is 0 Å². The highest BCUT2D eigenvalue weighted by Gasteiger charge is 2.23. The summed E-state index contributed by atoms with van der Waals surface area (Å²) in [4.78, 5) is 17.3. The first-order chi connectivity index (χ1) is 12.5.